The van der Waals surface area contributed by atoms with Gasteiger partial charge in [-0.2, -0.15) is 0 Å². The molecule has 0 aliphatic rings. The van der Waals surface area contributed by atoms with Gasteiger partial charge in [0.15, 0.2) is 15.0 Å². The molecule has 0 saturated carbocycles. The van der Waals surface area contributed by atoms with E-state index in [0.29, 0.717) is 26.4 Å². The van der Waals surface area contributed by atoms with Crippen LogP contribution in [-0.4, -0.2) is 30.8 Å². The fraction of sp³-hybridized carbons (Fsp3) is 0.231. The molecule has 0 aliphatic carbocycles. The van der Waals surface area contributed by atoms with Gasteiger partial charge in [0.2, 0.25) is 5.91 Å². The summed E-state index contributed by atoms with van der Waals surface area (Å²) >= 11 is 13.1. The first-order valence-electron chi connectivity index (χ1n) is 6.09. The highest BCUT2D eigenvalue weighted by atomic mass is 35.5. The summed E-state index contributed by atoms with van der Waals surface area (Å²) in [5, 5.41) is 4.33. The average molecular weight is 379 g/mol. The largest absolute Gasteiger partial charge is 0.301 e. The van der Waals surface area contributed by atoms with E-state index < -0.39 is 21.0 Å². The van der Waals surface area contributed by atoms with Crippen LogP contribution in [0, 0.1) is 0 Å². The van der Waals surface area contributed by atoms with Crippen LogP contribution in [0.25, 0.3) is 11.3 Å². The van der Waals surface area contributed by atoms with Crippen LogP contribution in [0.4, 0.5) is 5.13 Å². The van der Waals surface area contributed by atoms with Crippen molar-refractivity contribution in [1.29, 1.82) is 0 Å². The maximum Gasteiger partial charge on any atom is 0.244 e. The number of thiazole rings is 1. The van der Waals surface area contributed by atoms with E-state index in [9.17, 15) is 13.2 Å². The number of hydrogen-bond donors (Lipinski definition) is 1. The lowest BCUT2D eigenvalue weighted by Gasteiger charge is -2.07. The van der Waals surface area contributed by atoms with Crippen molar-refractivity contribution >= 4 is 55.4 Å². The van der Waals surface area contributed by atoms with Gasteiger partial charge < -0.3 is 5.32 Å². The molecule has 0 fully saturated rings. The topological polar surface area (TPSA) is 76.1 Å². The number of aromatic nitrogens is 1. The van der Waals surface area contributed by atoms with Gasteiger partial charge in [0.1, 0.15) is 5.25 Å². The standard InChI is InChI=1S/C13H12Cl2N2O3S2/c1-7(22(2,19)20)12(18)17-13-16-11(6-21-13)9-4-3-8(14)5-10(9)15/h3-7H,1-2H3,(H,16,17,18). The molecular formula is C13H12Cl2N2O3S2. The van der Waals surface area contributed by atoms with Gasteiger partial charge in [-0.05, 0) is 25.1 Å². The number of anilines is 1. The molecule has 2 aromatic rings. The molecule has 1 aromatic heterocycles. The normalized spacial score (nSPS) is 12.9. The number of rotatable bonds is 4. The van der Waals surface area contributed by atoms with Crippen LogP contribution >= 0.6 is 34.5 Å². The quantitative estimate of drug-likeness (QED) is 0.882. The summed E-state index contributed by atoms with van der Waals surface area (Å²) in [6.07, 6.45) is 1.01. The summed E-state index contributed by atoms with van der Waals surface area (Å²) in [7, 11) is -3.45. The van der Waals surface area contributed by atoms with Crippen LogP contribution in [0.15, 0.2) is 23.6 Å². The summed E-state index contributed by atoms with van der Waals surface area (Å²) in [6, 6.07) is 5.01. The summed E-state index contributed by atoms with van der Waals surface area (Å²) < 4.78 is 22.7. The highest BCUT2D eigenvalue weighted by Crippen LogP contribution is 2.32. The van der Waals surface area contributed by atoms with E-state index in [1.807, 2.05) is 0 Å². The summed E-state index contributed by atoms with van der Waals surface area (Å²) in [4.78, 5) is 16.1. The Bertz CT molecular complexity index is 818. The number of nitrogens with zero attached hydrogens (tertiary/aromatic N) is 1. The zero-order valence-electron chi connectivity index (χ0n) is 11.6. The molecule has 1 atom stereocenters. The van der Waals surface area contributed by atoms with Crippen LogP contribution in [-0.2, 0) is 14.6 Å². The Morgan fingerprint density at radius 2 is 2.05 bits per heavy atom. The predicted molar refractivity (Wildman–Crippen MR) is 90.5 cm³/mol. The van der Waals surface area contributed by atoms with Crippen molar-refractivity contribution in [1.82, 2.24) is 4.98 Å². The van der Waals surface area contributed by atoms with Crippen molar-refractivity contribution in [3.8, 4) is 11.3 Å². The molecule has 0 saturated heterocycles. The molecule has 118 valence electrons. The minimum Gasteiger partial charge on any atom is -0.301 e. The third-order valence-electron chi connectivity index (χ3n) is 2.95. The second-order valence-corrected chi connectivity index (χ2v) is 8.69. The van der Waals surface area contributed by atoms with E-state index in [4.69, 9.17) is 23.2 Å². The third-order valence-corrected chi connectivity index (χ3v) is 5.76. The van der Waals surface area contributed by atoms with Gasteiger partial charge in [0, 0.05) is 22.2 Å². The molecule has 0 radical (unpaired) electrons. The molecule has 1 amide bonds. The zero-order valence-corrected chi connectivity index (χ0v) is 14.8. The third kappa shape index (κ3) is 3.98. The fourth-order valence-corrected chi connectivity index (χ4v) is 3.22. The second kappa shape index (κ2) is 6.54. The van der Waals surface area contributed by atoms with Crippen LogP contribution < -0.4 is 5.32 Å². The smallest absolute Gasteiger partial charge is 0.244 e. The number of amides is 1. The number of benzene rings is 1. The van der Waals surface area contributed by atoms with Gasteiger partial charge in [-0.15, -0.1) is 11.3 Å². The second-order valence-electron chi connectivity index (χ2n) is 4.62. The minimum absolute atomic E-state index is 0.307. The number of nitrogens with one attached hydrogen (secondary N) is 1. The summed E-state index contributed by atoms with van der Waals surface area (Å²) in [5.41, 5.74) is 1.26. The van der Waals surface area contributed by atoms with Gasteiger partial charge in [-0.1, -0.05) is 23.2 Å². The molecule has 9 heteroatoms. The van der Waals surface area contributed by atoms with Gasteiger partial charge >= 0.3 is 0 Å². The molecule has 2 rings (SSSR count). The number of sulfone groups is 1. The van der Waals surface area contributed by atoms with E-state index >= 15 is 0 Å². The Morgan fingerprint density at radius 3 is 2.64 bits per heavy atom. The van der Waals surface area contributed by atoms with Crippen molar-refractivity contribution in [2.24, 2.45) is 0 Å². The maximum absolute atomic E-state index is 11.8. The SMILES string of the molecule is CC(C(=O)Nc1nc(-c2ccc(Cl)cc2Cl)cs1)S(C)(=O)=O. The fourth-order valence-electron chi connectivity index (χ4n) is 1.55. The summed E-state index contributed by atoms with van der Waals surface area (Å²) in [5.74, 6) is -0.620. The van der Waals surface area contributed by atoms with Gasteiger partial charge in [0.25, 0.3) is 0 Å². The van der Waals surface area contributed by atoms with Crippen LogP contribution in [0.3, 0.4) is 0 Å². The van der Waals surface area contributed by atoms with E-state index in [1.165, 1.54) is 18.3 Å². The molecule has 1 aromatic carbocycles. The first-order chi connectivity index (χ1) is 10.2. The Hall–Kier alpha value is -1.15. The number of carbonyl (C=O) groups excluding carboxylic acids is 1. The van der Waals surface area contributed by atoms with Gasteiger partial charge in [0.05, 0.1) is 10.7 Å². The molecule has 1 unspecified atom stereocenters. The Morgan fingerprint density at radius 1 is 1.36 bits per heavy atom. The van der Waals surface area contributed by atoms with Crippen molar-refractivity contribution in [2.45, 2.75) is 12.2 Å². The average Bonchev–Trinajstić information content (AvgIpc) is 2.84. The minimum atomic E-state index is -3.45. The highest BCUT2D eigenvalue weighted by Gasteiger charge is 2.24. The van der Waals surface area contributed by atoms with E-state index in [2.05, 4.69) is 10.3 Å². The van der Waals surface area contributed by atoms with Crippen LogP contribution in [0.1, 0.15) is 6.92 Å². The van der Waals surface area contributed by atoms with Crippen molar-refractivity contribution in [3.63, 3.8) is 0 Å². The summed E-state index contributed by atoms with van der Waals surface area (Å²) in [6.45, 7) is 1.33. The number of carbonyl (C=O) groups is 1. The molecule has 0 bridgehead atoms. The molecule has 1 heterocycles. The van der Waals surface area contributed by atoms with Crippen molar-refractivity contribution in [2.75, 3.05) is 11.6 Å². The lowest BCUT2D eigenvalue weighted by atomic mass is 10.2. The molecule has 1 N–H and O–H groups in total. The molecule has 0 spiro atoms. The molecular weight excluding hydrogens is 367 g/mol. The first-order valence-corrected chi connectivity index (χ1v) is 9.68. The number of hydrogen-bond acceptors (Lipinski definition) is 5. The van der Waals surface area contributed by atoms with Crippen LogP contribution in [0.5, 0.6) is 0 Å². The van der Waals surface area contributed by atoms with Gasteiger partial charge in [-0.3, -0.25) is 4.79 Å². The first kappa shape index (κ1) is 17.2. The molecule has 0 aliphatic heterocycles. The van der Waals surface area contributed by atoms with Crippen molar-refractivity contribution in [3.05, 3.63) is 33.6 Å². The lowest BCUT2D eigenvalue weighted by Crippen LogP contribution is -2.31. The van der Waals surface area contributed by atoms with E-state index in [0.717, 1.165) is 6.26 Å². The Balaban J connectivity index is 2.20. The Labute approximate surface area is 142 Å². The van der Waals surface area contributed by atoms with Crippen molar-refractivity contribution < 1.29 is 13.2 Å². The lowest BCUT2D eigenvalue weighted by molar-refractivity contribution is -0.115. The molecule has 5 nitrogen and oxygen atoms in total. The van der Waals surface area contributed by atoms with E-state index in [1.54, 1.807) is 23.6 Å². The predicted octanol–water partition coefficient (Wildman–Crippen LogP) is 3.49. The maximum atomic E-state index is 11.8. The monoisotopic (exact) mass is 378 g/mol. The number of halogens is 2. The van der Waals surface area contributed by atoms with E-state index in [-0.39, 0.29) is 0 Å². The van der Waals surface area contributed by atoms with Gasteiger partial charge in [-0.25, -0.2) is 13.4 Å². The molecule has 22 heavy (non-hydrogen) atoms. The van der Waals surface area contributed by atoms with Crippen LogP contribution in [0.2, 0.25) is 10.0 Å². The highest BCUT2D eigenvalue weighted by molar-refractivity contribution is 7.92. The Kier molecular flexibility index (Phi) is 5.11. The zero-order chi connectivity index (χ0) is 16.5.